The molecule has 2 N–H and O–H groups in total. The number of nitrogens with zero attached hydrogens (tertiary/aromatic N) is 1. The predicted molar refractivity (Wildman–Crippen MR) is 110 cm³/mol. The lowest BCUT2D eigenvalue weighted by Gasteiger charge is -2.10. The van der Waals surface area contributed by atoms with E-state index < -0.39 is 34.2 Å². The molecule has 164 valence electrons. The van der Waals surface area contributed by atoms with E-state index in [4.69, 9.17) is 4.42 Å². The molecule has 11 heteroatoms. The highest BCUT2D eigenvalue weighted by Gasteiger charge is 2.19. The second-order valence-corrected chi connectivity index (χ2v) is 6.51. The van der Waals surface area contributed by atoms with Gasteiger partial charge in [-0.3, -0.25) is 19.7 Å². The standard InChI is InChI=1S/C21H16FN3O7/c1-11-16(5-6-32-11)20(27)24-18-10-14(3-4-17(18)22)23-19(26)12-7-13(21(28)31-2)9-15(8-12)25(29)30/h3-10H,1-2H3,(H,23,26)(H,24,27). The van der Waals surface area contributed by atoms with Crippen LogP contribution in [0, 0.1) is 22.9 Å². The molecule has 10 nitrogen and oxygen atoms in total. The van der Waals surface area contributed by atoms with Crippen LogP contribution in [0.15, 0.2) is 53.1 Å². The molecular weight excluding hydrogens is 425 g/mol. The Morgan fingerprint density at radius 2 is 1.75 bits per heavy atom. The number of non-ortho nitro benzene ring substituents is 1. The molecule has 0 saturated heterocycles. The van der Waals surface area contributed by atoms with Gasteiger partial charge in [0.1, 0.15) is 11.6 Å². The van der Waals surface area contributed by atoms with E-state index in [9.17, 15) is 28.9 Å². The molecule has 1 heterocycles. The van der Waals surface area contributed by atoms with Gasteiger partial charge in [-0.25, -0.2) is 9.18 Å². The van der Waals surface area contributed by atoms with E-state index >= 15 is 0 Å². The van der Waals surface area contributed by atoms with Crippen LogP contribution in [-0.4, -0.2) is 29.8 Å². The van der Waals surface area contributed by atoms with E-state index in [0.717, 1.165) is 31.4 Å². The fourth-order valence-electron chi connectivity index (χ4n) is 2.80. The summed E-state index contributed by atoms with van der Waals surface area (Å²) >= 11 is 0. The molecule has 0 radical (unpaired) electrons. The molecule has 0 aliphatic heterocycles. The number of methoxy groups -OCH3 is 1. The number of nitro benzene ring substituents is 1. The van der Waals surface area contributed by atoms with E-state index in [2.05, 4.69) is 15.4 Å². The number of amides is 2. The van der Waals surface area contributed by atoms with Crippen LogP contribution in [0.3, 0.4) is 0 Å². The highest BCUT2D eigenvalue weighted by Crippen LogP contribution is 2.23. The summed E-state index contributed by atoms with van der Waals surface area (Å²) in [6.07, 6.45) is 1.32. The van der Waals surface area contributed by atoms with Crippen LogP contribution in [-0.2, 0) is 4.74 Å². The zero-order chi connectivity index (χ0) is 23.4. The molecule has 32 heavy (non-hydrogen) atoms. The van der Waals surface area contributed by atoms with Gasteiger partial charge in [-0.15, -0.1) is 0 Å². The number of hydrogen-bond donors (Lipinski definition) is 2. The Balaban J connectivity index is 1.85. The Bertz CT molecular complexity index is 1240. The van der Waals surface area contributed by atoms with Crippen molar-refractivity contribution in [2.24, 2.45) is 0 Å². The number of carbonyl (C=O) groups excluding carboxylic acids is 3. The van der Waals surface area contributed by atoms with Crippen molar-refractivity contribution in [3.63, 3.8) is 0 Å². The van der Waals surface area contributed by atoms with Gasteiger partial charge in [0, 0.05) is 23.4 Å². The smallest absolute Gasteiger partial charge is 0.338 e. The highest BCUT2D eigenvalue weighted by atomic mass is 19.1. The SMILES string of the molecule is COC(=O)c1cc(C(=O)Nc2ccc(F)c(NC(=O)c3ccoc3C)c2)cc([N+](=O)[O-])c1. The number of nitro groups is 1. The Hall–Kier alpha value is -4.54. The highest BCUT2D eigenvalue weighted by molar-refractivity contribution is 6.07. The monoisotopic (exact) mass is 441 g/mol. The van der Waals surface area contributed by atoms with Gasteiger partial charge in [0.15, 0.2) is 0 Å². The molecule has 0 aliphatic rings. The van der Waals surface area contributed by atoms with Gasteiger partial charge in [-0.1, -0.05) is 0 Å². The molecule has 0 spiro atoms. The van der Waals surface area contributed by atoms with Crippen molar-refractivity contribution in [3.8, 4) is 0 Å². The van der Waals surface area contributed by atoms with Crippen LogP contribution in [0.5, 0.6) is 0 Å². The lowest BCUT2D eigenvalue weighted by Crippen LogP contribution is -2.16. The van der Waals surface area contributed by atoms with E-state index in [-0.39, 0.29) is 28.1 Å². The molecule has 3 aromatic rings. The van der Waals surface area contributed by atoms with Crippen LogP contribution in [0.1, 0.15) is 36.8 Å². The molecule has 0 fully saturated rings. The number of rotatable bonds is 6. The number of benzene rings is 2. The largest absolute Gasteiger partial charge is 0.469 e. The predicted octanol–water partition coefficient (Wildman–Crippen LogP) is 3.93. The van der Waals surface area contributed by atoms with Gasteiger partial charge in [0.2, 0.25) is 0 Å². The quantitative estimate of drug-likeness (QED) is 0.335. The maximum Gasteiger partial charge on any atom is 0.338 e. The number of aryl methyl sites for hydroxylation is 1. The summed E-state index contributed by atoms with van der Waals surface area (Å²) in [4.78, 5) is 47.1. The molecule has 2 aromatic carbocycles. The summed E-state index contributed by atoms with van der Waals surface area (Å²) in [6, 6.07) is 7.96. The van der Waals surface area contributed by atoms with Crippen molar-refractivity contribution in [1.29, 1.82) is 0 Å². The fourth-order valence-corrected chi connectivity index (χ4v) is 2.80. The van der Waals surface area contributed by atoms with E-state index in [1.807, 2.05) is 0 Å². The average molecular weight is 441 g/mol. The first-order valence-electron chi connectivity index (χ1n) is 9.03. The molecule has 3 rings (SSSR count). The van der Waals surface area contributed by atoms with Gasteiger partial charge in [-0.05, 0) is 37.3 Å². The Morgan fingerprint density at radius 3 is 2.38 bits per heavy atom. The third kappa shape index (κ3) is 4.78. The van der Waals surface area contributed by atoms with Crippen LogP contribution in [0.2, 0.25) is 0 Å². The van der Waals surface area contributed by atoms with Gasteiger partial charge in [-0.2, -0.15) is 0 Å². The summed E-state index contributed by atoms with van der Waals surface area (Å²) in [6.45, 7) is 1.57. The molecular formula is C21H16FN3O7. The van der Waals surface area contributed by atoms with Crippen LogP contribution in [0.25, 0.3) is 0 Å². The number of ether oxygens (including phenoxy) is 1. The molecule has 0 saturated carbocycles. The molecule has 0 unspecified atom stereocenters. The third-order valence-electron chi connectivity index (χ3n) is 4.39. The minimum atomic E-state index is -0.857. The molecule has 0 atom stereocenters. The number of carbonyl (C=O) groups is 3. The van der Waals surface area contributed by atoms with Crippen molar-refractivity contribution >= 4 is 34.8 Å². The first-order valence-corrected chi connectivity index (χ1v) is 9.03. The number of anilines is 2. The zero-order valence-electron chi connectivity index (χ0n) is 16.8. The molecule has 0 aliphatic carbocycles. The molecule has 0 bridgehead atoms. The summed E-state index contributed by atoms with van der Waals surface area (Å²) in [5, 5.41) is 16.0. The van der Waals surface area contributed by atoms with Gasteiger partial charge in [0.25, 0.3) is 17.5 Å². The number of furan rings is 1. The number of nitrogens with one attached hydrogen (secondary N) is 2. The number of hydrogen-bond acceptors (Lipinski definition) is 7. The maximum atomic E-state index is 14.2. The van der Waals surface area contributed by atoms with E-state index in [0.29, 0.717) is 5.76 Å². The van der Waals surface area contributed by atoms with Crippen LogP contribution < -0.4 is 10.6 Å². The first-order chi connectivity index (χ1) is 15.2. The van der Waals surface area contributed by atoms with Crippen molar-refractivity contribution in [2.75, 3.05) is 17.7 Å². The van der Waals surface area contributed by atoms with Crippen LogP contribution in [0.4, 0.5) is 21.5 Å². The second kappa shape index (κ2) is 9.08. The minimum Gasteiger partial charge on any atom is -0.469 e. The van der Waals surface area contributed by atoms with Gasteiger partial charge < -0.3 is 19.8 Å². The van der Waals surface area contributed by atoms with E-state index in [1.165, 1.54) is 24.5 Å². The van der Waals surface area contributed by atoms with Gasteiger partial charge >= 0.3 is 5.97 Å². The summed E-state index contributed by atoms with van der Waals surface area (Å²) in [5.74, 6) is -2.67. The Morgan fingerprint density at radius 1 is 1.03 bits per heavy atom. The topological polar surface area (TPSA) is 141 Å². The Labute approximate surface area is 180 Å². The summed E-state index contributed by atoms with van der Waals surface area (Å²) in [5.41, 5.74) is -0.756. The van der Waals surface area contributed by atoms with Crippen molar-refractivity contribution in [1.82, 2.24) is 0 Å². The lowest BCUT2D eigenvalue weighted by atomic mass is 10.1. The first kappa shape index (κ1) is 22.2. The van der Waals surface area contributed by atoms with Crippen molar-refractivity contribution < 1.29 is 32.9 Å². The fraction of sp³-hybridized carbons (Fsp3) is 0.0952. The zero-order valence-corrected chi connectivity index (χ0v) is 16.8. The minimum absolute atomic E-state index is 0.0988. The normalized spacial score (nSPS) is 10.3. The van der Waals surface area contributed by atoms with Crippen molar-refractivity contribution in [3.05, 3.63) is 87.1 Å². The third-order valence-corrected chi connectivity index (χ3v) is 4.39. The summed E-state index contributed by atoms with van der Waals surface area (Å²) in [7, 11) is 1.10. The number of halogens is 1. The lowest BCUT2D eigenvalue weighted by molar-refractivity contribution is -0.384. The molecule has 2 amide bonds. The van der Waals surface area contributed by atoms with Crippen LogP contribution >= 0.6 is 0 Å². The van der Waals surface area contributed by atoms with Gasteiger partial charge in [0.05, 0.1) is 35.1 Å². The number of esters is 1. The molecule has 1 aromatic heterocycles. The van der Waals surface area contributed by atoms with E-state index in [1.54, 1.807) is 6.92 Å². The second-order valence-electron chi connectivity index (χ2n) is 6.51. The average Bonchev–Trinajstić information content (AvgIpc) is 3.21. The summed E-state index contributed by atoms with van der Waals surface area (Å²) < 4.78 is 23.8. The maximum absolute atomic E-state index is 14.2. The Kier molecular flexibility index (Phi) is 6.29. The van der Waals surface area contributed by atoms with Crippen molar-refractivity contribution in [2.45, 2.75) is 6.92 Å².